The first kappa shape index (κ1) is 21.3. The molecule has 0 saturated heterocycles. The summed E-state index contributed by atoms with van der Waals surface area (Å²) in [6, 6.07) is -1.86. The quantitative estimate of drug-likeness (QED) is 0.403. The molecule has 1 rings (SSSR count). The molecule has 8 heteroatoms. The van der Waals surface area contributed by atoms with Crippen LogP contribution in [-0.4, -0.2) is 47.7 Å². The number of hydrogen-bond donors (Lipinski definition) is 1. The SMILES string of the molecule is CCOC(=O)[C@@H]1C[C@H]([N+](=O)[O-])[C@@H](NC(C)=O)[C@H](OC(CC)CC)[C@@H]1C. The van der Waals surface area contributed by atoms with Crippen molar-refractivity contribution in [3.8, 4) is 0 Å². The molecule has 1 saturated carbocycles. The van der Waals surface area contributed by atoms with Gasteiger partial charge < -0.3 is 14.8 Å². The van der Waals surface area contributed by atoms with Crippen LogP contribution in [0.5, 0.6) is 0 Å². The van der Waals surface area contributed by atoms with Gasteiger partial charge in [-0.1, -0.05) is 20.8 Å². The molecule has 1 fully saturated rings. The molecule has 0 radical (unpaired) electrons. The Bertz CT molecular complexity index is 480. The normalized spacial score (nSPS) is 29.3. The lowest BCUT2D eigenvalue weighted by atomic mass is 9.73. The first-order valence-electron chi connectivity index (χ1n) is 8.99. The summed E-state index contributed by atoms with van der Waals surface area (Å²) in [6.07, 6.45) is 0.824. The van der Waals surface area contributed by atoms with Crippen molar-refractivity contribution in [1.82, 2.24) is 5.32 Å². The number of rotatable bonds is 8. The molecule has 5 atom stereocenters. The molecule has 144 valence electrons. The maximum absolute atomic E-state index is 12.3. The Morgan fingerprint density at radius 2 is 1.88 bits per heavy atom. The number of carbonyl (C=O) groups is 2. The molecule has 8 nitrogen and oxygen atoms in total. The summed E-state index contributed by atoms with van der Waals surface area (Å²) >= 11 is 0. The van der Waals surface area contributed by atoms with Crippen LogP contribution in [0.3, 0.4) is 0 Å². The smallest absolute Gasteiger partial charge is 0.309 e. The van der Waals surface area contributed by atoms with E-state index in [0.29, 0.717) is 0 Å². The monoisotopic (exact) mass is 358 g/mol. The van der Waals surface area contributed by atoms with E-state index >= 15 is 0 Å². The van der Waals surface area contributed by atoms with Gasteiger partial charge in [0, 0.05) is 18.3 Å². The molecule has 25 heavy (non-hydrogen) atoms. The first-order chi connectivity index (χ1) is 11.8. The molecular weight excluding hydrogens is 328 g/mol. The van der Waals surface area contributed by atoms with E-state index in [1.807, 2.05) is 20.8 Å². The second-order valence-electron chi connectivity index (χ2n) is 6.57. The highest BCUT2D eigenvalue weighted by Gasteiger charge is 2.52. The minimum Gasteiger partial charge on any atom is -0.466 e. The predicted molar refractivity (Wildman–Crippen MR) is 91.5 cm³/mol. The van der Waals surface area contributed by atoms with Crippen LogP contribution < -0.4 is 5.32 Å². The predicted octanol–water partition coefficient (Wildman–Crippen LogP) is 1.93. The van der Waals surface area contributed by atoms with Gasteiger partial charge in [0.15, 0.2) is 0 Å². The van der Waals surface area contributed by atoms with Gasteiger partial charge in [-0.3, -0.25) is 19.7 Å². The topological polar surface area (TPSA) is 108 Å². The Hall–Kier alpha value is -1.70. The minimum absolute atomic E-state index is 0.0285. The Morgan fingerprint density at radius 3 is 2.32 bits per heavy atom. The summed E-state index contributed by atoms with van der Waals surface area (Å²) in [6.45, 7) is 9.03. The van der Waals surface area contributed by atoms with Crippen molar-refractivity contribution < 1.29 is 24.0 Å². The molecule has 0 aromatic heterocycles. The van der Waals surface area contributed by atoms with E-state index < -0.39 is 35.0 Å². The standard InChI is InChI=1S/C17H30N2O6/c1-6-12(7-2)25-16-10(4)13(17(21)24-8-3)9-14(19(22)23)15(16)18-11(5)20/h10,12-16H,6-9H2,1-5H3,(H,18,20)/t10-,13-,14+,15-,16-/m1/s1. The third-order valence-corrected chi connectivity index (χ3v) is 4.91. The van der Waals surface area contributed by atoms with E-state index in [2.05, 4.69) is 5.32 Å². The average molecular weight is 358 g/mol. The number of hydrogen-bond acceptors (Lipinski definition) is 6. The van der Waals surface area contributed by atoms with Crippen LogP contribution in [0.25, 0.3) is 0 Å². The van der Waals surface area contributed by atoms with Gasteiger partial charge in [0.1, 0.15) is 6.04 Å². The number of amides is 1. The lowest BCUT2D eigenvalue weighted by Crippen LogP contribution is -2.62. The molecule has 0 aliphatic heterocycles. The van der Waals surface area contributed by atoms with Crippen LogP contribution in [-0.2, 0) is 19.1 Å². The van der Waals surface area contributed by atoms with Gasteiger partial charge in [-0.2, -0.15) is 0 Å². The molecule has 1 aliphatic rings. The van der Waals surface area contributed by atoms with Gasteiger partial charge in [-0.25, -0.2) is 0 Å². The van der Waals surface area contributed by atoms with Crippen molar-refractivity contribution in [1.29, 1.82) is 0 Å². The summed E-state index contributed by atoms with van der Waals surface area (Å²) in [4.78, 5) is 35.0. The Morgan fingerprint density at radius 1 is 1.28 bits per heavy atom. The van der Waals surface area contributed by atoms with Crippen molar-refractivity contribution in [3.05, 3.63) is 10.1 Å². The Kier molecular flexibility index (Phi) is 8.28. The van der Waals surface area contributed by atoms with E-state index in [0.717, 1.165) is 12.8 Å². The fourth-order valence-electron chi connectivity index (χ4n) is 3.50. The molecule has 0 heterocycles. The average Bonchev–Trinajstić information content (AvgIpc) is 2.54. The molecule has 0 aromatic carbocycles. The van der Waals surface area contributed by atoms with E-state index in [4.69, 9.17) is 9.47 Å². The van der Waals surface area contributed by atoms with Crippen LogP contribution in [0, 0.1) is 22.0 Å². The maximum Gasteiger partial charge on any atom is 0.309 e. The summed E-state index contributed by atoms with van der Waals surface area (Å²) in [7, 11) is 0. The van der Waals surface area contributed by atoms with Gasteiger partial charge in [-0.05, 0) is 25.7 Å². The number of nitro groups is 1. The van der Waals surface area contributed by atoms with Crippen LogP contribution in [0.15, 0.2) is 0 Å². The second-order valence-corrected chi connectivity index (χ2v) is 6.57. The lowest BCUT2D eigenvalue weighted by Gasteiger charge is -2.42. The van der Waals surface area contributed by atoms with Crippen LogP contribution in [0.1, 0.15) is 53.9 Å². The van der Waals surface area contributed by atoms with E-state index in [9.17, 15) is 19.7 Å². The zero-order valence-electron chi connectivity index (χ0n) is 15.7. The fraction of sp³-hybridized carbons (Fsp3) is 0.882. The van der Waals surface area contributed by atoms with Gasteiger partial charge in [0.25, 0.3) is 0 Å². The van der Waals surface area contributed by atoms with Crippen molar-refractivity contribution in [2.45, 2.75) is 78.2 Å². The van der Waals surface area contributed by atoms with Crippen LogP contribution in [0.4, 0.5) is 0 Å². The van der Waals surface area contributed by atoms with Crippen molar-refractivity contribution in [2.24, 2.45) is 11.8 Å². The van der Waals surface area contributed by atoms with Gasteiger partial charge in [0.2, 0.25) is 11.9 Å². The fourth-order valence-corrected chi connectivity index (χ4v) is 3.50. The Labute approximate surface area is 148 Å². The second kappa shape index (κ2) is 9.70. The van der Waals surface area contributed by atoms with Crippen molar-refractivity contribution >= 4 is 11.9 Å². The zero-order valence-corrected chi connectivity index (χ0v) is 15.7. The number of ether oxygens (including phenoxy) is 2. The molecule has 1 N–H and O–H groups in total. The summed E-state index contributed by atoms with van der Waals surface area (Å²) in [5, 5.41) is 14.3. The lowest BCUT2D eigenvalue weighted by molar-refractivity contribution is -0.535. The maximum atomic E-state index is 12.3. The van der Waals surface area contributed by atoms with E-state index in [1.165, 1.54) is 6.92 Å². The molecule has 0 spiro atoms. The molecule has 1 aliphatic carbocycles. The van der Waals surface area contributed by atoms with Crippen LogP contribution >= 0.6 is 0 Å². The zero-order chi connectivity index (χ0) is 19.1. The molecule has 0 bridgehead atoms. The highest BCUT2D eigenvalue weighted by atomic mass is 16.6. The minimum atomic E-state index is -1.09. The molecular formula is C17H30N2O6. The Balaban J connectivity index is 3.19. The summed E-state index contributed by atoms with van der Waals surface area (Å²) in [5.41, 5.74) is 0. The number of esters is 1. The molecule has 0 unspecified atom stereocenters. The highest BCUT2D eigenvalue weighted by Crippen LogP contribution is 2.36. The van der Waals surface area contributed by atoms with Gasteiger partial charge >= 0.3 is 5.97 Å². The van der Waals surface area contributed by atoms with E-state index in [1.54, 1.807) is 6.92 Å². The number of nitrogens with one attached hydrogen (secondary N) is 1. The summed E-state index contributed by atoms with van der Waals surface area (Å²) < 4.78 is 11.2. The van der Waals surface area contributed by atoms with E-state index in [-0.39, 0.29) is 31.0 Å². The largest absolute Gasteiger partial charge is 0.466 e. The number of nitrogens with zero attached hydrogens (tertiary/aromatic N) is 1. The third kappa shape index (κ3) is 5.39. The van der Waals surface area contributed by atoms with Gasteiger partial charge in [0.05, 0.1) is 24.7 Å². The van der Waals surface area contributed by atoms with Crippen molar-refractivity contribution in [3.63, 3.8) is 0 Å². The summed E-state index contributed by atoms with van der Waals surface area (Å²) in [5.74, 6) is -1.72. The molecule has 1 amide bonds. The van der Waals surface area contributed by atoms with Crippen molar-refractivity contribution in [2.75, 3.05) is 6.61 Å². The van der Waals surface area contributed by atoms with Gasteiger partial charge in [-0.15, -0.1) is 0 Å². The van der Waals surface area contributed by atoms with Crippen LogP contribution in [0.2, 0.25) is 0 Å². The first-order valence-corrected chi connectivity index (χ1v) is 8.99. The third-order valence-electron chi connectivity index (χ3n) is 4.91. The molecule has 0 aromatic rings. The highest BCUT2D eigenvalue weighted by molar-refractivity contribution is 5.74. The number of carbonyl (C=O) groups excluding carboxylic acids is 2.